The van der Waals surface area contributed by atoms with E-state index in [2.05, 4.69) is 53.4 Å². The molecule has 0 aliphatic carbocycles. The number of carbonyl (C=O) groups excluding carboxylic acids is 1. The van der Waals surface area contributed by atoms with E-state index in [1.807, 2.05) is 26.0 Å². The van der Waals surface area contributed by atoms with Crippen LogP contribution in [0.5, 0.6) is 0 Å². The highest BCUT2D eigenvalue weighted by atomic mass is 79.9. The molecule has 24 heavy (non-hydrogen) atoms. The number of nitrogens with zero attached hydrogens (tertiary/aromatic N) is 1. The molecule has 1 unspecified atom stereocenters. The highest BCUT2D eigenvalue weighted by molar-refractivity contribution is 9.10. The summed E-state index contributed by atoms with van der Waals surface area (Å²) in [5, 5.41) is 0. The summed E-state index contributed by atoms with van der Waals surface area (Å²) in [5.41, 5.74) is 10.5. The van der Waals surface area contributed by atoms with Crippen LogP contribution in [0.1, 0.15) is 61.3 Å². The number of rotatable bonds is 6. The van der Waals surface area contributed by atoms with Crippen molar-refractivity contribution in [1.82, 2.24) is 4.57 Å². The van der Waals surface area contributed by atoms with Crippen molar-refractivity contribution in [3.8, 4) is 11.3 Å². The van der Waals surface area contributed by atoms with E-state index in [1.54, 1.807) is 0 Å². The molecule has 0 saturated heterocycles. The zero-order chi connectivity index (χ0) is 18.0. The minimum absolute atomic E-state index is 0.317. The molecule has 1 aromatic carbocycles. The van der Waals surface area contributed by atoms with Crippen LogP contribution in [-0.2, 0) is 0 Å². The van der Waals surface area contributed by atoms with Crippen molar-refractivity contribution in [2.45, 2.75) is 53.5 Å². The Labute approximate surface area is 153 Å². The van der Waals surface area contributed by atoms with Crippen molar-refractivity contribution < 1.29 is 4.79 Å². The van der Waals surface area contributed by atoms with Crippen LogP contribution < -0.4 is 5.73 Å². The Morgan fingerprint density at radius 1 is 1.12 bits per heavy atom. The third-order valence-corrected chi connectivity index (χ3v) is 5.19. The van der Waals surface area contributed by atoms with Crippen molar-refractivity contribution in [2.75, 3.05) is 0 Å². The molecule has 1 heterocycles. The molecule has 2 N–H and O–H groups in total. The lowest BCUT2D eigenvalue weighted by Gasteiger charge is -2.21. The van der Waals surface area contributed by atoms with Gasteiger partial charge < -0.3 is 10.3 Å². The number of nitrogens with two attached hydrogens (primary N) is 1. The Kier molecular flexibility index (Phi) is 5.92. The maximum absolute atomic E-state index is 12.0. The van der Waals surface area contributed by atoms with E-state index in [1.165, 1.54) is 0 Å². The van der Waals surface area contributed by atoms with Gasteiger partial charge in [-0.1, -0.05) is 41.9 Å². The van der Waals surface area contributed by atoms with Gasteiger partial charge in [0, 0.05) is 16.2 Å². The largest absolute Gasteiger partial charge is 0.366 e. The molecule has 0 spiro atoms. The Bertz CT molecular complexity index is 729. The molecule has 0 aliphatic rings. The molecule has 0 fully saturated rings. The van der Waals surface area contributed by atoms with E-state index in [0.717, 1.165) is 39.8 Å². The van der Waals surface area contributed by atoms with E-state index in [0.29, 0.717) is 17.5 Å². The van der Waals surface area contributed by atoms with E-state index in [9.17, 15) is 4.79 Å². The summed E-state index contributed by atoms with van der Waals surface area (Å²) in [6.45, 7) is 10.7. The monoisotopic (exact) mass is 390 g/mol. The van der Waals surface area contributed by atoms with Crippen molar-refractivity contribution in [3.05, 3.63) is 45.6 Å². The molecule has 130 valence electrons. The van der Waals surface area contributed by atoms with Crippen molar-refractivity contribution in [3.63, 3.8) is 0 Å². The highest BCUT2D eigenvalue weighted by Crippen LogP contribution is 2.35. The molecule has 2 aromatic rings. The van der Waals surface area contributed by atoms with Gasteiger partial charge in [0.25, 0.3) is 5.91 Å². The van der Waals surface area contributed by atoms with Gasteiger partial charge in [0.2, 0.25) is 0 Å². The van der Waals surface area contributed by atoms with Crippen LogP contribution in [0, 0.1) is 19.8 Å². The Hall–Kier alpha value is -1.55. The maximum atomic E-state index is 12.0. The fourth-order valence-electron chi connectivity index (χ4n) is 3.44. The van der Waals surface area contributed by atoms with Gasteiger partial charge in [0.1, 0.15) is 0 Å². The standard InChI is InChI=1S/C20H27BrN2O/c1-12(2)6-7-13(3)23-15(5)18(20(22)24)14(4)19(23)16-8-10-17(21)11-9-16/h8-13H,6-7H2,1-5H3,(H2,22,24). The van der Waals surface area contributed by atoms with Gasteiger partial charge in [-0.15, -0.1) is 0 Å². The molecule has 4 heteroatoms. The third kappa shape index (κ3) is 3.75. The van der Waals surface area contributed by atoms with E-state index in [4.69, 9.17) is 5.73 Å². The number of halogens is 1. The van der Waals surface area contributed by atoms with Gasteiger partial charge in [-0.3, -0.25) is 4.79 Å². The smallest absolute Gasteiger partial charge is 0.250 e. The zero-order valence-electron chi connectivity index (χ0n) is 15.2. The van der Waals surface area contributed by atoms with Crippen LogP contribution >= 0.6 is 15.9 Å². The summed E-state index contributed by atoms with van der Waals surface area (Å²) in [7, 11) is 0. The molecule has 2 rings (SSSR count). The fraction of sp³-hybridized carbons (Fsp3) is 0.450. The molecule has 0 saturated carbocycles. The number of hydrogen-bond acceptors (Lipinski definition) is 1. The van der Waals surface area contributed by atoms with Gasteiger partial charge in [-0.25, -0.2) is 0 Å². The second-order valence-corrected chi connectivity index (χ2v) is 7.91. The van der Waals surface area contributed by atoms with Crippen molar-refractivity contribution >= 4 is 21.8 Å². The molecule has 1 amide bonds. The van der Waals surface area contributed by atoms with E-state index in [-0.39, 0.29) is 5.91 Å². The van der Waals surface area contributed by atoms with Crippen molar-refractivity contribution in [1.29, 1.82) is 0 Å². The predicted octanol–water partition coefficient (Wildman–Crippen LogP) is 5.63. The molecule has 1 atom stereocenters. The zero-order valence-corrected chi connectivity index (χ0v) is 16.8. The predicted molar refractivity (Wildman–Crippen MR) is 104 cm³/mol. The summed E-state index contributed by atoms with van der Waals surface area (Å²) in [6, 6.07) is 8.55. The van der Waals surface area contributed by atoms with Gasteiger partial charge in [-0.2, -0.15) is 0 Å². The average molecular weight is 391 g/mol. The van der Waals surface area contributed by atoms with Crippen LogP contribution in [0.25, 0.3) is 11.3 Å². The number of carbonyl (C=O) groups is 1. The summed E-state index contributed by atoms with van der Waals surface area (Å²) in [6.07, 6.45) is 2.23. The van der Waals surface area contributed by atoms with Crippen LogP contribution in [0.15, 0.2) is 28.7 Å². The van der Waals surface area contributed by atoms with Gasteiger partial charge >= 0.3 is 0 Å². The lowest BCUT2D eigenvalue weighted by molar-refractivity contribution is 0.0999. The van der Waals surface area contributed by atoms with Gasteiger partial charge in [0.05, 0.1) is 11.3 Å². The first-order chi connectivity index (χ1) is 11.2. The SMILES string of the molecule is Cc1c(C(N)=O)c(C)n(C(C)CCC(C)C)c1-c1ccc(Br)cc1. The molecule has 0 bridgehead atoms. The lowest BCUT2D eigenvalue weighted by atomic mass is 10.0. The van der Waals surface area contributed by atoms with E-state index < -0.39 is 0 Å². The molecule has 0 aliphatic heterocycles. The molecule has 3 nitrogen and oxygen atoms in total. The summed E-state index contributed by atoms with van der Waals surface area (Å²) in [5.74, 6) is 0.314. The summed E-state index contributed by atoms with van der Waals surface area (Å²) < 4.78 is 3.34. The third-order valence-electron chi connectivity index (χ3n) is 4.66. The van der Waals surface area contributed by atoms with Crippen LogP contribution in [-0.4, -0.2) is 10.5 Å². The molecule has 0 radical (unpaired) electrons. The first-order valence-corrected chi connectivity index (χ1v) is 9.30. The van der Waals surface area contributed by atoms with Crippen LogP contribution in [0.3, 0.4) is 0 Å². The second-order valence-electron chi connectivity index (χ2n) is 7.00. The first kappa shape index (κ1) is 18.8. The fourth-order valence-corrected chi connectivity index (χ4v) is 3.70. The first-order valence-electron chi connectivity index (χ1n) is 8.51. The number of hydrogen-bond donors (Lipinski definition) is 1. The molecule has 1 aromatic heterocycles. The van der Waals surface area contributed by atoms with Crippen LogP contribution in [0.2, 0.25) is 0 Å². The quantitative estimate of drug-likeness (QED) is 0.682. The lowest BCUT2D eigenvalue weighted by Crippen LogP contribution is -2.14. The Balaban J connectivity index is 2.60. The Morgan fingerprint density at radius 2 is 1.71 bits per heavy atom. The minimum Gasteiger partial charge on any atom is -0.366 e. The van der Waals surface area contributed by atoms with Gasteiger partial charge in [0.15, 0.2) is 0 Å². The average Bonchev–Trinajstić information content (AvgIpc) is 2.76. The number of aromatic nitrogens is 1. The summed E-state index contributed by atoms with van der Waals surface area (Å²) >= 11 is 3.49. The molecular formula is C20H27BrN2O. The topological polar surface area (TPSA) is 48.0 Å². The molecular weight excluding hydrogens is 364 g/mol. The van der Waals surface area contributed by atoms with Crippen molar-refractivity contribution in [2.24, 2.45) is 11.7 Å². The number of primary amides is 1. The Morgan fingerprint density at radius 3 is 2.21 bits per heavy atom. The minimum atomic E-state index is -0.349. The number of amides is 1. The normalized spacial score (nSPS) is 12.6. The van der Waals surface area contributed by atoms with Gasteiger partial charge in [-0.05, 0) is 62.8 Å². The highest BCUT2D eigenvalue weighted by Gasteiger charge is 2.24. The number of benzene rings is 1. The van der Waals surface area contributed by atoms with E-state index >= 15 is 0 Å². The van der Waals surface area contributed by atoms with Crippen LogP contribution in [0.4, 0.5) is 0 Å². The second kappa shape index (κ2) is 7.56. The maximum Gasteiger partial charge on any atom is 0.250 e. The summed E-state index contributed by atoms with van der Waals surface area (Å²) in [4.78, 5) is 12.0.